The summed E-state index contributed by atoms with van der Waals surface area (Å²) in [5.74, 6) is -0.291. The second kappa shape index (κ2) is 8.03. The number of hydrogen-bond acceptors (Lipinski definition) is 3. The van der Waals surface area contributed by atoms with Crippen molar-refractivity contribution in [3.8, 4) is 0 Å². The Morgan fingerprint density at radius 3 is 2.37 bits per heavy atom. The van der Waals surface area contributed by atoms with Crippen LogP contribution in [0.4, 0.5) is 0 Å². The molecule has 0 N–H and O–H groups in total. The van der Waals surface area contributed by atoms with Gasteiger partial charge in [-0.1, -0.05) is 18.6 Å². The number of allylic oxidation sites excluding steroid dienone is 2. The number of ether oxygens (including phenoxy) is 3. The maximum atomic E-state index is 5.59. The van der Waals surface area contributed by atoms with Crippen LogP contribution in [0.2, 0.25) is 0 Å². The minimum Gasteiger partial charge on any atom is -0.373 e. The number of rotatable bonds is 10. The largest absolute Gasteiger partial charge is 0.373 e. The van der Waals surface area contributed by atoms with Gasteiger partial charge in [-0.25, -0.2) is 0 Å². The van der Waals surface area contributed by atoms with Crippen LogP contribution in [0.15, 0.2) is 12.2 Å². The first-order chi connectivity index (χ1) is 9.29. The standard InChI is InChI=1S/C16H28O3/c1-16(18-12-13-19-16)11-9-7-5-3-2-4-6-8-10-15-14-17-15/h2,4,15H,3,5-14H2,1H3/b4-2-. The van der Waals surface area contributed by atoms with Crippen LogP contribution in [0.1, 0.15) is 58.3 Å². The summed E-state index contributed by atoms with van der Waals surface area (Å²) in [6, 6.07) is 0. The van der Waals surface area contributed by atoms with E-state index in [-0.39, 0.29) is 5.79 Å². The van der Waals surface area contributed by atoms with Gasteiger partial charge in [-0.2, -0.15) is 0 Å². The van der Waals surface area contributed by atoms with Crippen LogP contribution in [0.5, 0.6) is 0 Å². The van der Waals surface area contributed by atoms with Crippen molar-refractivity contribution in [1.29, 1.82) is 0 Å². The van der Waals surface area contributed by atoms with Crippen LogP contribution in [0, 0.1) is 0 Å². The van der Waals surface area contributed by atoms with Gasteiger partial charge in [0.15, 0.2) is 5.79 Å². The first kappa shape index (κ1) is 15.0. The molecule has 1 unspecified atom stereocenters. The molecular weight excluding hydrogens is 240 g/mol. The zero-order chi connectivity index (χ0) is 13.4. The Hall–Kier alpha value is -0.380. The average molecular weight is 268 g/mol. The molecule has 0 aromatic rings. The van der Waals surface area contributed by atoms with Crippen molar-refractivity contribution in [1.82, 2.24) is 0 Å². The highest BCUT2D eigenvalue weighted by atomic mass is 16.7. The first-order valence-electron chi connectivity index (χ1n) is 7.83. The van der Waals surface area contributed by atoms with Gasteiger partial charge < -0.3 is 14.2 Å². The molecule has 0 aromatic carbocycles. The predicted octanol–water partition coefficient (Wildman–Crippen LogP) is 3.83. The lowest BCUT2D eigenvalue weighted by molar-refractivity contribution is -0.147. The van der Waals surface area contributed by atoms with E-state index in [1.54, 1.807) is 0 Å². The van der Waals surface area contributed by atoms with E-state index in [0.29, 0.717) is 6.10 Å². The molecule has 3 nitrogen and oxygen atoms in total. The molecule has 0 saturated carbocycles. The molecule has 2 fully saturated rings. The molecule has 19 heavy (non-hydrogen) atoms. The van der Waals surface area contributed by atoms with Crippen molar-refractivity contribution in [2.75, 3.05) is 19.8 Å². The van der Waals surface area contributed by atoms with E-state index >= 15 is 0 Å². The highest BCUT2D eigenvalue weighted by Crippen LogP contribution is 2.25. The van der Waals surface area contributed by atoms with E-state index in [1.807, 2.05) is 0 Å². The molecule has 3 heteroatoms. The maximum absolute atomic E-state index is 5.59. The van der Waals surface area contributed by atoms with E-state index in [9.17, 15) is 0 Å². The monoisotopic (exact) mass is 268 g/mol. The van der Waals surface area contributed by atoms with Gasteiger partial charge in [0.2, 0.25) is 0 Å². The van der Waals surface area contributed by atoms with Crippen molar-refractivity contribution >= 4 is 0 Å². The van der Waals surface area contributed by atoms with Crippen molar-refractivity contribution in [3.05, 3.63) is 12.2 Å². The average Bonchev–Trinajstić information content (AvgIpc) is 3.13. The van der Waals surface area contributed by atoms with Gasteiger partial charge in [0.1, 0.15) is 0 Å². The third kappa shape index (κ3) is 6.55. The van der Waals surface area contributed by atoms with E-state index in [2.05, 4.69) is 19.1 Å². The van der Waals surface area contributed by atoms with Gasteiger partial charge in [-0.3, -0.25) is 0 Å². The molecule has 1 atom stereocenters. The Balaban J connectivity index is 1.36. The quantitative estimate of drug-likeness (QED) is 0.343. The van der Waals surface area contributed by atoms with E-state index in [4.69, 9.17) is 14.2 Å². The Morgan fingerprint density at radius 1 is 1.00 bits per heavy atom. The van der Waals surface area contributed by atoms with E-state index in [1.165, 1.54) is 44.9 Å². The van der Waals surface area contributed by atoms with Crippen LogP contribution >= 0.6 is 0 Å². The lowest BCUT2D eigenvalue weighted by atomic mass is 10.1. The lowest BCUT2D eigenvalue weighted by Crippen LogP contribution is -2.24. The fourth-order valence-electron chi connectivity index (χ4n) is 2.52. The van der Waals surface area contributed by atoms with Crippen molar-refractivity contribution in [2.24, 2.45) is 0 Å². The molecule has 0 radical (unpaired) electrons. The number of unbranched alkanes of at least 4 members (excludes halogenated alkanes) is 4. The number of epoxide rings is 1. The summed E-state index contributed by atoms with van der Waals surface area (Å²) in [7, 11) is 0. The minimum atomic E-state index is -0.291. The van der Waals surface area contributed by atoms with E-state index in [0.717, 1.165) is 26.2 Å². The Bertz CT molecular complexity index is 265. The topological polar surface area (TPSA) is 31.0 Å². The summed E-state index contributed by atoms with van der Waals surface area (Å²) in [6.07, 6.45) is 14.9. The molecular formula is C16H28O3. The molecule has 2 saturated heterocycles. The fourth-order valence-corrected chi connectivity index (χ4v) is 2.52. The van der Waals surface area contributed by atoms with Crippen LogP contribution in [-0.2, 0) is 14.2 Å². The Morgan fingerprint density at radius 2 is 1.68 bits per heavy atom. The Labute approximate surface area is 117 Å². The van der Waals surface area contributed by atoms with Gasteiger partial charge in [0.05, 0.1) is 25.9 Å². The highest BCUT2D eigenvalue weighted by Gasteiger charge is 2.29. The summed E-state index contributed by atoms with van der Waals surface area (Å²) < 4.78 is 16.4. The van der Waals surface area contributed by atoms with Gasteiger partial charge in [0.25, 0.3) is 0 Å². The second-order valence-electron chi connectivity index (χ2n) is 5.79. The van der Waals surface area contributed by atoms with E-state index < -0.39 is 0 Å². The van der Waals surface area contributed by atoms with Gasteiger partial charge in [0, 0.05) is 6.42 Å². The normalized spacial score (nSPS) is 25.2. The maximum Gasteiger partial charge on any atom is 0.165 e. The summed E-state index contributed by atoms with van der Waals surface area (Å²) in [5, 5.41) is 0. The molecule has 0 aliphatic carbocycles. The second-order valence-corrected chi connectivity index (χ2v) is 5.79. The minimum absolute atomic E-state index is 0.291. The third-order valence-corrected chi connectivity index (χ3v) is 3.87. The van der Waals surface area contributed by atoms with Gasteiger partial charge in [-0.15, -0.1) is 0 Å². The van der Waals surface area contributed by atoms with Crippen LogP contribution in [0.25, 0.3) is 0 Å². The smallest absolute Gasteiger partial charge is 0.165 e. The zero-order valence-electron chi connectivity index (χ0n) is 12.2. The summed E-state index contributed by atoms with van der Waals surface area (Å²) in [4.78, 5) is 0. The third-order valence-electron chi connectivity index (χ3n) is 3.87. The van der Waals surface area contributed by atoms with Crippen molar-refractivity contribution in [3.63, 3.8) is 0 Å². The highest BCUT2D eigenvalue weighted by molar-refractivity contribution is 4.82. The SMILES string of the molecule is CC1(CCCCC/C=C\CCCC2CO2)OCCO1. The van der Waals surface area contributed by atoms with Gasteiger partial charge >= 0.3 is 0 Å². The van der Waals surface area contributed by atoms with Crippen LogP contribution in [-0.4, -0.2) is 31.7 Å². The summed E-state index contributed by atoms with van der Waals surface area (Å²) in [5.41, 5.74) is 0. The van der Waals surface area contributed by atoms with Gasteiger partial charge in [-0.05, 0) is 45.4 Å². The molecule has 2 aliphatic rings. The first-order valence-corrected chi connectivity index (χ1v) is 7.83. The zero-order valence-corrected chi connectivity index (χ0v) is 12.2. The van der Waals surface area contributed by atoms with Crippen molar-refractivity contribution < 1.29 is 14.2 Å². The molecule has 2 rings (SSSR count). The fraction of sp³-hybridized carbons (Fsp3) is 0.875. The summed E-state index contributed by atoms with van der Waals surface area (Å²) >= 11 is 0. The molecule has 2 heterocycles. The molecule has 2 aliphatic heterocycles. The van der Waals surface area contributed by atoms with Crippen LogP contribution in [0.3, 0.4) is 0 Å². The van der Waals surface area contributed by atoms with Crippen molar-refractivity contribution in [2.45, 2.75) is 70.2 Å². The molecule has 0 amide bonds. The molecule has 110 valence electrons. The number of hydrogen-bond donors (Lipinski definition) is 0. The Kier molecular flexibility index (Phi) is 6.35. The molecule has 0 spiro atoms. The molecule has 0 bridgehead atoms. The summed E-state index contributed by atoms with van der Waals surface area (Å²) in [6.45, 7) is 4.57. The van der Waals surface area contributed by atoms with Crippen LogP contribution < -0.4 is 0 Å². The predicted molar refractivity (Wildman–Crippen MR) is 76.1 cm³/mol. The lowest BCUT2D eigenvalue weighted by Gasteiger charge is -2.21. The molecule has 0 aromatic heterocycles.